The minimum Gasteiger partial charge on any atom is -0.454 e. The van der Waals surface area contributed by atoms with Gasteiger partial charge in [-0.1, -0.05) is 35.3 Å². The molecule has 1 amide bonds. The number of halogens is 2. The Balaban J connectivity index is 2.29. The normalized spacial score (nSPS) is 9.76. The van der Waals surface area contributed by atoms with E-state index in [-0.39, 0.29) is 6.42 Å². The fraction of sp³-hybridized carbons (Fsp3) is 0.0667. The number of ether oxygens (including phenoxy) is 1. The van der Waals surface area contributed by atoms with Crippen molar-refractivity contribution in [2.75, 3.05) is 5.32 Å². The number of anilines is 1. The second-order valence-corrected chi connectivity index (χ2v) is 4.90. The molecular weight excluding hydrogens is 311 g/mol. The van der Waals surface area contributed by atoms with Crippen LogP contribution in [-0.2, 0) is 4.79 Å². The van der Waals surface area contributed by atoms with E-state index >= 15 is 0 Å². The van der Waals surface area contributed by atoms with Gasteiger partial charge in [0.2, 0.25) is 5.91 Å². The fourth-order valence-electron chi connectivity index (χ4n) is 1.60. The van der Waals surface area contributed by atoms with E-state index in [0.29, 0.717) is 27.2 Å². The monoisotopic (exact) mass is 320 g/mol. The second kappa shape index (κ2) is 6.98. The molecule has 0 bridgehead atoms. The Labute approximate surface area is 131 Å². The SMILES string of the molecule is N#CCC(=O)Nc1cc(Cl)ccc1Oc1ccccc1Cl. The first-order valence-corrected chi connectivity index (χ1v) is 6.74. The van der Waals surface area contributed by atoms with E-state index in [1.807, 2.05) is 0 Å². The zero-order chi connectivity index (χ0) is 15.2. The minimum atomic E-state index is -0.441. The Morgan fingerprint density at radius 2 is 1.95 bits per heavy atom. The number of hydrogen-bond acceptors (Lipinski definition) is 3. The van der Waals surface area contributed by atoms with Gasteiger partial charge in [0, 0.05) is 5.02 Å². The van der Waals surface area contributed by atoms with Crippen LogP contribution < -0.4 is 10.1 Å². The number of nitriles is 1. The van der Waals surface area contributed by atoms with Crippen LogP contribution in [0.1, 0.15) is 6.42 Å². The maximum Gasteiger partial charge on any atom is 0.238 e. The lowest BCUT2D eigenvalue weighted by atomic mass is 10.2. The molecule has 4 nitrogen and oxygen atoms in total. The van der Waals surface area contributed by atoms with Crippen LogP contribution in [0, 0.1) is 11.3 Å². The van der Waals surface area contributed by atoms with Crippen LogP contribution in [0.4, 0.5) is 5.69 Å². The highest BCUT2D eigenvalue weighted by molar-refractivity contribution is 6.32. The Hall–Kier alpha value is -2.22. The first kappa shape index (κ1) is 15.2. The molecule has 0 spiro atoms. The summed E-state index contributed by atoms with van der Waals surface area (Å²) in [7, 11) is 0. The first-order chi connectivity index (χ1) is 10.1. The zero-order valence-electron chi connectivity index (χ0n) is 10.8. The van der Waals surface area contributed by atoms with E-state index < -0.39 is 5.91 Å². The van der Waals surface area contributed by atoms with Crippen molar-refractivity contribution in [2.45, 2.75) is 6.42 Å². The predicted octanol–water partition coefficient (Wildman–Crippen LogP) is 4.64. The first-order valence-electron chi connectivity index (χ1n) is 5.99. The third-order valence-corrected chi connectivity index (χ3v) is 3.06. The average molecular weight is 321 g/mol. The predicted molar refractivity (Wildman–Crippen MR) is 81.8 cm³/mol. The molecule has 0 radical (unpaired) electrons. The highest BCUT2D eigenvalue weighted by Gasteiger charge is 2.11. The van der Waals surface area contributed by atoms with Gasteiger partial charge in [0.05, 0.1) is 16.8 Å². The maximum atomic E-state index is 11.5. The number of hydrogen-bond donors (Lipinski definition) is 1. The topological polar surface area (TPSA) is 62.1 Å². The molecule has 0 heterocycles. The van der Waals surface area contributed by atoms with Crippen molar-refractivity contribution in [1.82, 2.24) is 0 Å². The van der Waals surface area contributed by atoms with Gasteiger partial charge in [-0.15, -0.1) is 0 Å². The second-order valence-electron chi connectivity index (χ2n) is 4.06. The van der Waals surface area contributed by atoms with Crippen molar-refractivity contribution in [3.05, 3.63) is 52.5 Å². The molecule has 0 aliphatic heterocycles. The average Bonchev–Trinajstić information content (AvgIpc) is 2.44. The molecular formula is C15H10Cl2N2O2. The summed E-state index contributed by atoms with van der Waals surface area (Å²) in [5.41, 5.74) is 0.377. The lowest BCUT2D eigenvalue weighted by Gasteiger charge is -2.13. The lowest BCUT2D eigenvalue weighted by molar-refractivity contribution is -0.115. The van der Waals surface area contributed by atoms with Crippen molar-refractivity contribution in [3.8, 4) is 17.6 Å². The highest BCUT2D eigenvalue weighted by Crippen LogP contribution is 2.35. The molecule has 0 fully saturated rings. The molecule has 0 aromatic heterocycles. The lowest BCUT2D eigenvalue weighted by Crippen LogP contribution is -2.10. The van der Waals surface area contributed by atoms with Gasteiger partial charge in [-0.3, -0.25) is 4.79 Å². The van der Waals surface area contributed by atoms with E-state index in [1.54, 1.807) is 48.5 Å². The van der Waals surface area contributed by atoms with Gasteiger partial charge in [-0.2, -0.15) is 5.26 Å². The molecule has 0 saturated carbocycles. The standard InChI is InChI=1S/C15H10Cl2N2O2/c16-10-5-6-14(12(9-10)19-15(20)7-8-18)21-13-4-2-1-3-11(13)17/h1-6,9H,7H2,(H,19,20). The van der Waals surface area contributed by atoms with Crippen LogP contribution in [0.3, 0.4) is 0 Å². The smallest absolute Gasteiger partial charge is 0.238 e. The van der Waals surface area contributed by atoms with E-state index in [2.05, 4.69) is 5.32 Å². The van der Waals surface area contributed by atoms with Crippen LogP contribution in [0.2, 0.25) is 10.0 Å². The quantitative estimate of drug-likeness (QED) is 0.892. The van der Waals surface area contributed by atoms with Crippen LogP contribution >= 0.6 is 23.2 Å². The molecule has 2 rings (SSSR count). The Bertz CT molecular complexity index is 711. The van der Waals surface area contributed by atoms with Crippen molar-refractivity contribution < 1.29 is 9.53 Å². The van der Waals surface area contributed by atoms with Crippen molar-refractivity contribution in [1.29, 1.82) is 5.26 Å². The van der Waals surface area contributed by atoms with Gasteiger partial charge >= 0.3 is 0 Å². The van der Waals surface area contributed by atoms with E-state index in [9.17, 15) is 4.79 Å². The van der Waals surface area contributed by atoms with Gasteiger partial charge in [-0.25, -0.2) is 0 Å². The third kappa shape index (κ3) is 4.12. The van der Waals surface area contributed by atoms with Gasteiger partial charge in [0.15, 0.2) is 5.75 Å². The Morgan fingerprint density at radius 3 is 2.67 bits per heavy atom. The van der Waals surface area contributed by atoms with Crippen molar-refractivity contribution >= 4 is 34.8 Å². The number of amides is 1. The molecule has 2 aromatic carbocycles. The number of rotatable bonds is 4. The molecule has 0 aliphatic rings. The summed E-state index contributed by atoms with van der Waals surface area (Å²) in [6, 6.07) is 13.5. The number of benzene rings is 2. The molecule has 106 valence electrons. The summed E-state index contributed by atoms with van der Waals surface area (Å²) in [4.78, 5) is 11.5. The number of nitrogens with zero attached hydrogens (tertiary/aromatic N) is 1. The largest absolute Gasteiger partial charge is 0.454 e. The molecule has 0 atom stereocenters. The summed E-state index contributed by atoms with van der Waals surface area (Å²) < 4.78 is 5.69. The Morgan fingerprint density at radius 1 is 1.19 bits per heavy atom. The summed E-state index contributed by atoms with van der Waals surface area (Å²) in [5.74, 6) is 0.403. The fourth-order valence-corrected chi connectivity index (χ4v) is 1.95. The Kier molecular flexibility index (Phi) is 5.04. The van der Waals surface area contributed by atoms with E-state index in [0.717, 1.165) is 0 Å². The molecule has 2 aromatic rings. The van der Waals surface area contributed by atoms with Gasteiger partial charge < -0.3 is 10.1 Å². The molecule has 21 heavy (non-hydrogen) atoms. The highest BCUT2D eigenvalue weighted by atomic mass is 35.5. The van der Waals surface area contributed by atoms with E-state index in [4.69, 9.17) is 33.2 Å². The number of carbonyl (C=O) groups is 1. The molecule has 0 aliphatic carbocycles. The van der Waals surface area contributed by atoms with Crippen LogP contribution in [0.25, 0.3) is 0 Å². The maximum absolute atomic E-state index is 11.5. The molecule has 0 unspecified atom stereocenters. The summed E-state index contributed by atoms with van der Waals surface area (Å²) in [5, 5.41) is 12.0. The number of nitrogens with one attached hydrogen (secondary N) is 1. The third-order valence-electron chi connectivity index (χ3n) is 2.51. The van der Waals surface area contributed by atoms with Crippen LogP contribution in [-0.4, -0.2) is 5.91 Å². The van der Waals surface area contributed by atoms with Crippen LogP contribution in [0.15, 0.2) is 42.5 Å². The summed E-state index contributed by atoms with van der Waals surface area (Å²) in [6.45, 7) is 0. The van der Waals surface area contributed by atoms with Gasteiger partial charge in [-0.05, 0) is 30.3 Å². The minimum absolute atomic E-state index is 0.252. The molecule has 0 saturated heterocycles. The summed E-state index contributed by atoms with van der Waals surface area (Å²) >= 11 is 11.9. The van der Waals surface area contributed by atoms with Gasteiger partial charge in [0.1, 0.15) is 12.2 Å². The number of para-hydroxylation sites is 1. The van der Waals surface area contributed by atoms with Crippen molar-refractivity contribution in [3.63, 3.8) is 0 Å². The summed E-state index contributed by atoms with van der Waals surface area (Å²) in [6.07, 6.45) is -0.252. The number of carbonyl (C=O) groups excluding carboxylic acids is 1. The van der Waals surface area contributed by atoms with Crippen molar-refractivity contribution in [2.24, 2.45) is 0 Å². The van der Waals surface area contributed by atoms with Gasteiger partial charge in [0.25, 0.3) is 0 Å². The molecule has 6 heteroatoms. The zero-order valence-corrected chi connectivity index (χ0v) is 12.3. The van der Waals surface area contributed by atoms with E-state index in [1.165, 1.54) is 0 Å². The van der Waals surface area contributed by atoms with Crippen LogP contribution in [0.5, 0.6) is 11.5 Å². The molecule has 1 N–H and O–H groups in total.